The Morgan fingerprint density at radius 3 is 2.62 bits per heavy atom. The monoisotopic (exact) mass is 391 g/mol. The van der Waals surface area contributed by atoms with Gasteiger partial charge in [-0.05, 0) is 49.8 Å². The number of carbonyl (C=O) groups excluding carboxylic acids is 1. The number of benzene rings is 2. The molecule has 0 atom stereocenters. The molecule has 0 aliphatic heterocycles. The largest absolute Gasteiger partial charge is 0.496 e. The van der Waals surface area contributed by atoms with Gasteiger partial charge in [-0.15, -0.1) is 0 Å². The van der Waals surface area contributed by atoms with Crippen LogP contribution >= 0.6 is 0 Å². The zero-order valence-electron chi connectivity index (χ0n) is 16.5. The number of nitrogens with zero attached hydrogens (tertiary/aromatic N) is 3. The van der Waals surface area contributed by atoms with E-state index in [2.05, 4.69) is 5.10 Å². The smallest absolute Gasteiger partial charge is 0.280 e. The van der Waals surface area contributed by atoms with E-state index >= 15 is 0 Å². The third kappa shape index (κ3) is 4.57. The molecule has 1 aromatic heterocycles. The van der Waals surface area contributed by atoms with Crippen molar-refractivity contribution in [2.75, 3.05) is 7.11 Å². The average molecular weight is 391 g/mol. The molecular formula is C22H21N3O4. The van der Waals surface area contributed by atoms with Crippen molar-refractivity contribution in [1.29, 1.82) is 0 Å². The van der Waals surface area contributed by atoms with Crippen LogP contribution in [0.4, 0.5) is 5.69 Å². The summed E-state index contributed by atoms with van der Waals surface area (Å²) in [5, 5.41) is 15.6. The van der Waals surface area contributed by atoms with Crippen molar-refractivity contribution < 1.29 is 14.5 Å². The lowest BCUT2D eigenvalue weighted by Crippen LogP contribution is -2.06. The Balaban J connectivity index is 1.87. The number of hydrogen-bond donors (Lipinski definition) is 0. The first-order chi connectivity index (χ1) is 13.9. The molecule has 0 fully saturated rings. The third-order valence-electron chi connectivity index (χ3n) is 4.52. The molecule has 0 N–H and O–H groups in total. The lowest BCUT2D eigenvalue weighted by Gasteiger charge is -2.11. The van der Waals surface area contributed by atoms with Gasteiger partial charge in [0.25, 0.3) is 5.69 Å². The summed E-state index contributed by atoms with van der Waals surface area (Å²) in [6.07, 6.45) is 2.99. The molecule has 2 aromatic carbocycles. The van der Waals surface area contributed by atoms with Gasteiger partial charge in [0, 0.05) is 17.3 Å². The molecule has 0 radical (unpaired) electrons. The predicted molar refractivity (Wildman–Crippen MR) is 110 cm³/mol. The predicted octanol–water partition coefficient (Wildman–Crippen LogP) is 4.36. The number of aromatic nitrogens is 2. The molecule has 1 heterocycles. The fraction of sp³-hybridized carbons (Fsp3) is 0.182. The van der Waals surface area contributed by atoms with E-state index in [1.807, 2.05) is 42.8 Å². The molecule has 7 nitrogen and oxygen atoms in total. The summed E-state index contributed by atoms with van der Waals surface area (Å²) in [5.41, 5.74) is 3.53. The van der Waals surface area contributed by atoms with Crippen molar-refractivity contribution in [2.45, 2.75) is 20.4 Å². The van der Waals surface area contributed by atoms with E-state index in [1.54, 1.807) is 19.3 Å². The van der Waals surface area contributed by atoms with Gasteiger partial charge >= 0.3 is 0 Å². The minimum Gasteiger partial charge on any atom is -0.496 e. The van der Waals surface area contributed by atoms with Crippen molar-refractivity contribution in [3.63, 3.8) is 0 Å². The number of nitro benzene ring substituents is 1. The van der Waals surface area contributed by atoms with Gasteiger partial charge in [-0.25, -0.2) is 0 Å². The van der Waals surface area contributed by atoms with Gasteiger partial charge in [0.05, 0.1) is 29.8 Å². The van der Waals surface area contributed by atoms with Crippen LogP contribution in [-0.2, 0) is 6.54 Å². The van der Waals surface area contributed by atoms with E-state index in [1.165, 1.54) is 24.3 Å². The van der Waals surface area contributed by atoms with Crippen LogP contribution in [0.15, 0.2) is 54.6 Å². The van der Waals surface area contributed by atoms with Gasteiger partial charge in [0.15, 0.2) is 5.78 Å². The number of carbonyl (C=O) groups is 1. The highest BCUT2D eigenvalue weighted by molar-refractivity contribution is 6.09. The first-order valence-corrected chi connectivity index (χ1v) is 9.03. The molecular weight excluding hydrogens is 370 g/mol. The van der Waals surface area contributed by atoms with E-state index in [-0.39, 0.29) is 11.3 Å². The third-order valence-corrected chi connectivity index (χ3v) is 4.52. The average Bonchev–Trinajstić information content (AvgIpc) is 3.03. The number of nitro groups is 1. The molecule has 7 heteroatoms. The molecule has 0 saturated heterocycles. The van der Waals surface area contributed by atoms with Gasteiger partial charge in [0.1, 0.15) is 5.75 Å². The quantitative estimate of drug-likeness (QED) is 0.258. The summed E-state index contributed by atoms with van der Waals surface area (Å²) in [7, 11) is 1.60. The van der Waals surface area contributed by atoms with Crippen molar-refractivity contribution in [3.8, 4) is 5.75 Å². The number of para-hydroxylation sites is 1. The van der Waals surface area contributed by atoms with Gasteiger partial charge in [-0.3, -0.25) is 19.6 Å². The standard InChI is InChI=1S/C22H21N3O4/c1-15-12-16(2)24(23-15)14-18-13-17(9-11-22(18)29-3)8-10-21(26)19-6-4-5-7-20(19)25(27)28/h4-13H,14H2,1-3H3/b10-8+. The number of ether oxygens (including phenoxy) is 1. The maximum atomic E-state index is 12.5. The lowest BCUT2D eigenvalue weighted by atomic mass is 10.1. The molecule has 3 aromatic rings. The normalized spacial score (nSPS) is 11.0. The molecule has 29 heavy (non-hydrogen) atoms. The Morgan fingerprint density at radius 1 is 1.21 bits per heavy atom. The van der Waals surface area contributed by atoms with Crippen LogP contribution in [0, 0.1) is 24.0 Å². The van der Waals surface area contributed by atoms with Crippen LogP contribution in [0.1, 0.15) is 32.9 Å². The zero-order chi connectivity index (χ0) is 21.0. The number of rotatable bonds is 7. The fourth-order valence-corrected chi connectivity index (χ4v) is 3.13. The Bertz CT molecular complexity index is 1100. The molecule has 0 aliphatic rings. The molecule has 0 spiro atoms. The number of ketones is 1. The molecule has 0 bridgehead atoms. The summed E-state index contributed by atoms with van der Waals surface area (Å²) in [5.74, 6) is 0.299. The van der Waals surface area contributed by atoms with Crippen LogP contribution in [0.3, 0.4) is 0 Å². The highest BCUT2D eigenvalue weighted by Crippen LogP contribution is 2.23. The lowest BCUT2D eigenvalue weighted by molar-refractivity contribution is -0.385. The number of allylic oxidation sites excluding steroid dienone is 1. The second-order valence-corrected chi connectivity index (χ2v) is 6.63. The zero-order valence-corrected chi connectivity index (χ0v) is 16.5. The van der Waals surface area contributed by atoms with Crippen molar-refractivity contribution >= 4 is 17.5 Å². The van der Waals surface area contributed by atoms with Gasteiger partial charge in [-0.2, -0.15) is 5.10 Å². The van der Waals surface area contributed by atoms with Crippen LogP contribution in [0.2, 0.25) is 0 Å². The minimum atomic E-state index is -0.555. The second-order valence-electron chi connectivity index (χ2n) is 6.63. The molecule has 3 rings (SSSR count). The summed E-state index contributed by atoms with van der Waals surface area (Å²) in [4.78, 5) is 23.0. The minimum absolute atomic E-state index is 0.0603. The van der Waals surface area contributed by atoms with Crippen molar-refractivity contribution in [2.24, 2.45) is 0 Å². The molecule has 148 valence electrons. The Kier molecular flexibility index (Phi) is 5.87. The van der Waals surface area contributed by atoms with Gasteiger partial charge < -0.3 is 4.74 Å². The van der Waals surface area contributed by atoms with E-state index < -0.39 is 10.7 Å². The molecule has 0 unspecified atom stereocenters. The van der Waals surface area contributed by atoms with Crippen molar-refractivity contribution in [3.05, 3.63) is 92.8 Å². The fourth-order valence-electron chi connectivity index (χ4n) is 3.13. The number of hydrogen-bond acceptors (Lipinski definition) is 5. The summed E-state index contributed by atoms with van der Waals surface area (Å²) in [6, 6.07) is 13.5. The van der Waals surface area contributed by atoms with E-state index in [9.17, 15) is 14.9 Å². The van der Waals surface area contributed by atoms with Crippen molar-refractivity contribution in [1.82, 2.24) is 9.78 Å². The summed E-state index contributed by atoms with van der Waals surface area (Å²) in [6.45, 7) is 4.46. The molecule has 0 amide bonds. The van der Waals surface area contributed by atoms with Crippen LogP contribution in [-0.4, -0.2) is 27.6 Å². The van der Waals surface area contributed by atoms with Crippen LogP contribution in [0.5, 0.6) is 5.75 Å². The summed E-state index contributed by atoms with van der Waals surface area (Å²) < 4.78 is 7.34. The molecule has 0 aliphatic carbocycles. The Labute approximate surface area is 168 Å². The highest BCUT2D eigenvalue weighted by Gasteiger charge is 2.17. The van der Waals surface area contributed by atoms with Gasteiger partial charge in [-0.1, -0.05) is 24.3 Å². The number of methoxy groups -OCH3 is 1. The Morgan fingerprint density at radius 2 is 1.97 bits per heavy atom. The van der Waals surface area contributed by atoms with Crippen LogP contribution < -0.4 is 4.74 Å². The van der Waals surface area contributed by atoms with Crippen LogP contribution in [0.25, 0.3) is 6.08 Å². The first kappa shape index (κ1) is 20.0. The maximum Gasteiger partial charge on any atom is 0.280 e. The maximum absolute atomic E-state index is 12.5. The van der Waals surface area contributed by atoms with E-state index in [0.717, 1.165) is 28.3 Å². The second kappa shape index (κ2) is 8.52. The number of aryl methyl sites for hydroxylation is 2. The SMILES string of the molecule is COc1ccc(/C=C/C(=O)c2ccccc2[N+](=O)[O-])cc1Cn1nc(C)cc1C. The first-order valence-electron chi connectivity index (χ1n) is 9.03. The topological polar surface area (TPSA) is 87.3 Å². The van der Waals surface area contributed by atoms with Gasteiger partial charge in [0.2, 0.25) is 0 Å². The highest BCUT2D eigenvalue weighted by atomic mass is 16.6. The Hall–Kier alpha value is -3.74. The molecule has 0 saturated carbocycles. The van der Waals surface area contributed by atoms with E-state index in [4.69, 9.17) is 4.74 Å². The summed E-state index contributed by atoms with van der Waals surface area (Å²) >= 11 is 0. The van der Waals surface area contributed by atoms with E-state index in [0.29, 0.717) is 6.54 Å².